The van der Waals surface area contributed by atoms with E-state index in [1.807, 2.05) is 18.7 Å². The lowest BCUT2D eigenvalue weighted by Gasteiger charge is -2.44. The number of rotatable bonds is 6. The van der Waals surface area contributed by atoms with Gasteiger partial charge in [-0.2, -0.15) is 0 Å². The fourth-order valence-corrected chi connectivity index (χ4v) is 3.47. The third kappa shape index (κ3) is 3.98. The molecule has 2 rings (SSSR count). The highest BCUT2D eigenvalue weighted by Crippen LogP contribution is 2.28. The molecule has 2 aliphatic rings. The van der Waals surface area contributed by atoms with Crippen molar-refractivity contribution in [2.75, 3.05) is 19.7 Å². The number of carbonyl (C=O) groups excluding carboxylic acids is 1. The summed E-state index contributed by atoms with van der Waals surface area (Å²) in [6, 6.07) is -0.499. The van der Waals surface area contributed by atoms with Crippen molar-refractivity contribution < 1.29 is 19.4 Å². The molecule has 2 N–H and O–H groups in total. The van der Waals surface area contributed by atoms with E-state index in [4.69, 9.17) is 4.74 Å². The summed E-state index contributed by atoms with van der Waals surface area (Å²) in [5, 5.41) is 12.2. The Labute approximate surface area is 132 Å². The first-order valence-electron chi connectivity index (χ1n) is 8.41. The Morgan fingerprint density at radius 2 is 2.09 bits per heavy atom. The van der Waals surface area contributed by atoms with E-state index < -0.39 is 12.0 Å². The Bertz CT molecular complexity index is 400. The summed E-state index contributed by atoms with van der Waals surface area (Å²) >= 11 is 0. The number of amides is 1. The molecule has 1 saturated heterocycles. The Morgan fingerprint density at radius 3 is 2.77 bits per heavy atom. The molecular formula is C16H28N2O4. The summed E-state index contributed by atoms with van der Waals surface area (Å²) in [7, 11) is 0. The van der Waals surface area contributed by atoms with Gasteiger partial charge in [0.05, 0.1) is 25.3 Å². The van der Waals surface area contributed by atoms with Crippen LogP contribution in [0.25, 0.3) is 0 Å². The van der Waals surface area contributed by atoms with Gasteiger partial charge in [0.1, 0.15) is 6.04 Å². The van der Waals surface area contributed by atoms with Crippen LogP contribution in [0.4, 0.5) is 0 Å². The van der Waals surface area contributed by atoms with Gasteiger partial charge in [-0.15, -0.1) is 0 Å². The lowest BCUT2D eigenvalue weighted by molar-refractivity contribution is -0.149. The predicted octanol–water partition coefficient (Wildman–Crippen LogP) is 1.25. The first kappa shape index (κ1) is 17.2. The summed E-state index contributed by atoms with van der Waals surface area (Å²) in [4.78, 5) is 25.7. The van der Waals surface area contributed by atoms with Gasteiger partial charge in [-0.3, -0.25) is 14.9 Å². The van der Waals surface area contributed by atoms with Gasteiger partial charge in [-0.25, -0.2) is 0 Å². The molecule has 126 valence electrons. The van der Waals surface area contributed by atoms with E-state index in [0.29, 0.717) is 13.2 Å². The van der Waals surface area contributed by atoms with Crippen molar-refractivity contribution in [3.8, 4) is 0 Å². The van der Waals surface area contributed by atoms with Crippen LogP contribution in [-0.2, 0) is 14.3 Å². The van der Waals surface area contributed by atoms with E-state index in [1.54, 1.807) is 0 Å². The normalized spacial score (nSPS) is 27.8. The second kappa shape index (κ2) is 7.92. The van der Waals surface area contributed by atoms with E-state index in [2.05, 4.69) is 5.32 Å². The maximum atomic E-state index is 12.5. The summed E-state index contributed by atoms with van der Waals surface area (Å²) in [6.07, 6.45) is 5.23. The van der Waals surface area contributed by atoms with E-state index >= 15 is 0 Å². The lowest BCUT2D eigenvalue weighted by atomic mass is 9.90. The molecule has 1 heterocycles. The van der Waals surface area contributed by atoms with Crippen LogP contribution in [0.2, 0.25) is 0 Å². The third-order valence-corrected chi connectivity index (χ3v) is 5.00. The standard InChI is InChI=1S/C16H28N2O4/c1-3-11(2)15(16(20)21)17-10-14(19)18-8-9-22-13-7-5-4-6-12(13)18/h11-13,15,17H,3-10H2,1-2H3,(H,20,21)/t11-,12?,13?,15-/m0/s1. The van der Waals surface area contributed by atoms with Gasteiger partial charge in [-0.1, -0.05) is 33.1 Å². The van der Waals surface area contributed by atoms with Gasteiger partial charge in [0.15, 0.2) is 0 Å². The van der Waals surface area contributed by atoms with Crippen molar-refractivity contribution in [3.05, 3.63) is 0 Å². The zero-order valence-electron chi connectivity index (χ0n) is 13.6. The van der Waals surface area contributed by atoms with Crippen molar-refractivity contribution >= 4 is 11.9 Å². The molecule has 0 aromatic heterocycles. The van der Waals surface area contributed by atoms with E-state index in [1.165, 1.54) is 0 Å². The fraction of sp³-hybridized carbons (Fsp3) is 0.875. The van der Waals surface area contributed by atoms with Crippen LogP contribution in [-0.4, -0.2) is 59.8 Å². The van der Waals surface area contributed by atoms with E-state index in [0.717, 1.165) is 32.1 Å². The summed E-state index contributed by atoms with van der Waals surface area (Å²) in [5.41, 5.74) is 0. The molecule has 6 heteroatoms. The first-order valence-corrected chi connectivity index (χ1v) is 8.41. The zero-order chi connectivity index (χ0) is 16.1. The number of aliphatic carboxylic acids is 1. The first-order chi connectivity index (χ1) is 10.5. The molecule has 22 heavy (non-hydrogen) atoms. The minimum absolute atomic E-state index is 0.00239. The highest BCUT2D eigenvalue weighted by atomic mass is 16.5. The van der Waals surface area contributed by atoms with Crippen LogP contribution < -0.4 is 5.32 Å². The number of nitrogens with one attached hydrogen (secondary N) is 1. The van der Waals surface area contributed by atoms with Crippen LogP contribution >= 0.6 is 0 Å². The summed E-state index contributed by atoms with van der Waals surface area (Å²) in [6.45, 7) is 5.13. The molecular weight excluding hydrogens is 284 g/mol. The predicted molar refractivity (Wildman–Crippen MR) is 82.6 cm³/mol. The molecule has 0 aromatic carbocycles. The van der Waals surface area contributed by atoms with Gasteiger partial charge in [0, 0.05) is 6.54 Å². The fourth-order valence-electron chi connectivity index (χ4n) is 3.47. The molecule has 0 radical (unpaired) electrons. The highest BCUT2D eigenvalue weighted by molar-refractivity contribution is 5.80. The monoisotopic (exact) mass is 312 g/mol. The van der Waals surface area contributed by atoms with Gasteiger partial charge < -0.3 is 14.7 Å². The number of carbonyl (C=O) groups is 2. The summed E-state index contributed by atoms with van der Waals surface area (Å²) < 4.78 is 5.77. The number of carboxylic acids is 1. The minimum atomic E-state index is -0.889. The number of carboxylic acid groups (broad SMARTS) is 1. The molecule has 1 amide bonds. The molecule has 4 atom stereocenters. The number of ether oxygens (including phenoxy) is 1. The van der Waals surface area contributed by atoms with Crippen molar-refractivity contribution in [2.45, 2.75) is 64.1 Å². The second-order valence-corrected chi connectivity index (χ2v) is 6.43. The Morgan fingerprint density at radius 1 is 1.36 bits per heavy atom. The lowest BCUT2D eigenvalue weighted by Crippen LogP contribution is -2.57. The molecule has 2 fully saturated rings. The molecule has 1 aliphatic carbocycles. The smallest absolute Gasteiger partial charge is 0.320 e. The van der Waals surface area contributed by atoms with Crippen LogP contribution in [0.3, 0.4) is 0 Å². The van der Waals surface area contributed by atoms with Gasteiger partial charge in [-0.05, 0) is 18.8 Å². The zero-order valence-corrected chi connectivity index (χ0v) is 13.6. The van der Waals surface area contributed by atoms with E-state index in [-0.39, 0.29) is 30.5 Å². The second-order valence-electron chi connectivity index (χ2n) is 6.43. The topological polar surface area (TPSA) is 78.9 Å². The molecule has 0 spiro atoms. The number of nitrogens with zero attached hydrogens (tertiary/aromatic N) is 1. The SMILES string of the molecule is CC[C@H](C)[C@H](NCC(=O)N1CCOC2CCCCC21)C(=O)O. The van der Waals surface area contributed by atoms with E-state index in [9.17, 15) is 14.7 Å². The number of morpholine rings is 1. The van der Waals surface area contributed by atoms with Crippen LogP contribution in [0.5, 0.6) is 0 Å². The van der Waals surface area contributed by atoms with Crippen molar-refractivity contribution in [2.24, 2.45) is 5.92 Å². The molecule has 1 saturated carbocycles. The largest absolute Gasteiger partial charge is 0.480 e. The van der Waals surface area contributed by atoms with Crippen molar-refractivity contribution in [3.63, 3.8) is 0 Å². The molecule has 0 aromatic rings. The molecule has 2 unspecified atom stereocenters. The van der Waals surface area contributed by atoms with Crippen LogP contribution in [0.15, 0.2) is 0 Å². The van der Waals surface area contributed by atoms with Crippen LogP contribution in [0.1, 0.15) is 46.0 Å². The highest BCUT2D eigenvalue weighted by Gasteiger charge is 2.36. The quantitative estimate of drug-likeness (QED) is 0.771. The van der Waals surface area contributed by atoms with Gasteiger partial charge in [0.2, 0.25) is 5.91 Å². The molecule has 1 aliphatic heterocycles. The maximum Gasteiger partial charge on any atom is 0.320 e. The van der Waals surface area contributed by atoms with Gasteiger partial charge in [0.25, 0.3) is 0 Å². The molecule has 6 nitrogen and oxygen atoms in total. The Kier molecular flexibility index (Phi) is 6.20. The average molecular weight is 312 g/mol. The van der Waals surface area contributed by atoms with Crippen LogP contribution in [0, 0.1) is 5.92 Å². The number of hydrogen-bond acceptors (Lipinski definition) is 4. The van der Waals surface area contributed by atoms with Crippen molar-refractivity contribution in [1.82, 2.24) is 10.2 Å². The Hall–Kier alpha value is -1.14. The summed E-state index contributed by atoms with van der Waals surface area (Å²) in [5.74, 6) is -0.896. The third-order valence-electron chi connectivity index (χ3n) is 5.00. The maximum absolute atomic E-state index is 12.5. The minimum Gasteiger partial charge on any atom is -0.480 e. The number of fused-ring (bicyclic) bond motifs is 1. The number of hydrogen-bond donors (Lipinski definition) is 2. The Balaban J connectivity index is 1.91. The molecule has 0 bridgehead atoms. The average Bonchev–Trinajstić information content (AvgIpc) is 2.53. The van der Waals surface area contributed by atoms with Crippen molar-refractivity contribution in [1.29, 1.82) is 0 Å². The van der Waals surface area contributed by atoms with Gasteiger partial charge >= 0.3 is 5.97 Å².